The monoisotopic (exact) mass is 114 g/mol. The lowest BCUT2D eigenvalue weighted by molar-refractivity contribution is -0.909. The first-order valence-electron chi connectivity index (χ1n) is 3.63. The number of likely N-dealkylation sites (tertiary alicyclic amines) is 1. The first kappa shape index (κ1) is 6.09. The Morgan fingerprint density at radius 2 is 2.12 bits per heavy atom. The normalized spacial score (nSPS) is 39.8. The summed E-state index contributed by atoms with van der Waals surface area (Å²) >= 11 is 0. The van der Waals surface area contributed by atoms with Crippen LogP contribution in [-0.4, -0.2) is 19.6 Å². The van der Waals surface area contributed by atoms with Crippen molar-refractivity contribution in [2.75, 3.05) is 13.6 Å². The van der Waals surface area contributed by atoms with Crippen LogP contribution in [0.4, 0.5) is 0 Å². The number of nitrogens with one attached hydrogen (secondary N) is 1. The summed E-state index contributed by atoms with van der Waals surface area (Å²) < 4.78 is 0. The second kappa shape index (κ2) is 2.49. The van der Waals surface area contributed by atoms with Gasteiger partial charge in [0.25, 0.3) is 0 Å². The van der Waals surface area contributed by atoms with E-state index >= 15 is 0 Å². The highest BCUT2D eigenvalue weighted by atomic mass is 15.1. The molecular formula is C7H16N+. The summed E-state index contributed by atoms with van der Waals surface area (Å²) in [6.45, 7) is 3.73. The molecule has 0 aliphatic carbocycles. The molecule has 0 saturated carbocycles. The molecule has 0 aromatic heterocycles. The van der Waals surface area contributed by atoms with Gasteiger partial charge in [-0.2, -0.15) is 0 Å². The Balaban J connectivity index is 2.28. The summed E-state index contributed by atoms with van der Waals surface area (Å²) in [5, 5.41) is 0. The van der Waals surface area contributed by atoms with Crippen molar-refractivity contribution in [2.45, 2.75) is 32.2 Å². The van der Waals surface area contributed by atoms with Crippen molar-refractivity contribution < 1.29 is 4.90 Å². The van der Waals surface area contributed by atoms with Gasteiger partial charge in [-0.3, -0.25) is 0 Å². The Kier molecular flexibility index (Phi) is 1.90. The Bertz CT molecular complexity index is 60.8. The number of piperidine rings is 1. The van der Waals surface area contributed by atoms with Gasteiger partial charge in [0.05, 0.1) is 19.6 Å². The molecule has 0 amide bonds. The SMILES string of the molecule is CC1CCCC[NH+]1C. The van der Waals surface area contributed by atoms with E-state index in [1.807, 2.05) is 0 Å². The fraction of sp³-hybridized carbons (Fsp3) is 1.00. The second-order valence-corrected chi connectivity index (χ2v) is 2.99. The predicted molar refractivity (Wildman–Crippen MR) is 35.1 cm³/mol. The van der Waals surface area contributed by atoms with Gasteiger partial charge in [-0.25, -0.2) is 0 Å². The minimum Gasteiger partial charge on any atom is -0.335 e. The Hall–Kier alpha value is -0.0400. The van der Waals surface area contributed by atoms with Crippen molar-refractivity contribution in [1.29, 1.82) is 0 Å². The van der Waals surface area contributed by atoms with Gasteiger partial charge in [0.15, 0.2) is 0 Å². The summed E-state index contributed by atoms with van der Waals surface area (Å²) in [7, 11) is 2.30. The first-order valence-corrected chi connectivity index (χ1v) is 3.63. The molecule has 1 rings (SSSR count). The summed E-state index contributed by atoms with van der Waals surface area (Å²) in [6, 6.07) is 0.920. The fourth-order valence-electron chi connectivity index (χ4n) is 1.35. The van der Waals surface area contributed by atoms with Crippen LogP contribution in [0.2, 0.25) is 0 Å². The number of quaternary nitrogens is 1. The number of hydrogen-bond acceptors (Lipinski definition) is 0. The van der Waals surface area contributed by atoms with Crippen LogP contribution in [0.25, 0.3) is 0 Å². The van der Waals surface area contributed by atoms with Crippen molar-refractivity contribution >= 4 is 0 Å². The Morgan fingerprint density at radius 1 is 1.38 bits per heavy atom. The van der Waals surface area contributed by atoms with Crippen molar-refractivity contribution in [3.05, 3.63) is 0 Å². The highest BCUT2D eigenvalue weighted by Gasteiger charge is 2.16. The smallest absolute Gasteiger partial charge is 0.0844 e. The molecule has 8 heavy (non-hydrogen) atoms. The van der Waals surface area contributed by atoms with Gasteiger partial charge in [0.2, 0.25) is 0 Å². The summed E-state index contributed by atoms with van der Waals surface area (Å²) in [6.07, 6.45) is 4.33. The van der Waals surface area contributed by atoms with E-state index in [1.165, 1.54) is 25.8 Å². The zero-order valence-electron chi connectivity index (χ0n) is 5.91. The van der Waals surface area contributed by atoms with Gasteiger partial charge in [-0.1, -0.05) is 0 Å². The standard InChI is InChI=1S/C7H15N/c1-7-5-3-4-6-8(7)2/h7H,3-6H2,1-2H3/p+1. The third-order valence-electron chi connectivity index (χ3n) is 2.30. The highest BCUT2D eigenvalue weighted by molar-refractivity contribution is 4.53. The molecule has 1 heterocycles. The largest absolute Gasteiger partial charge is 0.335 e. The fourth-order valence-corrected chi connectivity index (χ4v) is 1.35. The van der Waals surface area contributed by atoms with E-state index in [0.717, 1.165) is 6.04 Å². The zero-order valence-corrected chi connectivity index (χ0v) is 5.91. The minimum atomic E-state index is 0.920. The molecule has 1 aliphatic heterocycles. The third kappa shape index (κ3) is 1.22. The molecule has 0 aromatic carbocycles. The lowest BCUT2D eigenvalue weighted by atomic mass is 10.1. The molecule has 0 spiro atoms. The molecule has 1 aliphatic rings. The number of rotatable bonds is 0. The second-order valence-electron chi connectivity index (χ2n) is 2.99. The van der Waals surface area contributed by atoms with Crippen LogP contribution in [-0.2, 0) is 0 Å². The molecule has 2 atom stereocenters. The van der Waals surface area contributed by atoms with E-state index in [1.54, 1.807) is 4.90 Å². The Morgan fingerprint density at radius 3 is 2.50 bits per heavy atom. The minimum absolute atomic E-state index is 0.920. The van der Waals surface area contributed by atoms with Crippen LogP contribution < -0.4 is 4.90 Å². The summed E-state index contributed by atoms with van der Waals surface area (Å²) in [4.78, 5) is 1.72. The topological polar surface area (TPSA) is 4.44 Å². The molecule has 48 valence electrons. The van der Waals surface area contributed by atoms with Gasteiger partial charge < -0.3 is 4.90 Å². The van der Waals surface area contributed by atoms with E-state index in [9.17, 15) is 0 Å². The van der Waals surface area contributed by atoms with Crippen molar-refractivity contribution in [1.82, 2.24) is 0 Å². The van der Waals surface area contributed by atoms with Crippen LogP contribution in [0.3, 0.4) is 0 Å². The van der Waals surface area contributed by atoms with Crippen LogP contribution in [0.15, 0.2) is 0 Å². The maximum Gasteiger partial charge on any atom is 0.0844 e. The maximum absolute atomic E-state index is 2.34. The van der Waals surface area contributed by atoms with Gasteiger partial charge >= 0.3 is 0 Å². The van der Waals surface area contributed by atoms with Crippen molar-refractivity contribution in [3.8, 4) is 0 Å². The van der Waals surface area contributed by atoms with Crippen LogP contribution in [0.5, 0.6) is 0 Å². The molecule has 1 heteroatoms. The molecule has 1 fully saturated rings. The third-order valence-corrected chi connectivity index (χ3v) is 2.30. The van der Waals surface area contributed by atoms with Crippen LogP contribution >= 0.6 is 0 Å². The van der Waals surface area contributed by atoms with Crippen molar-refractivity contribution in [3.63, 3.8) is 0 Å². The van der Waals surface area contributed by atoms with E-state index in [2.05, 4.69) is 14.0 Å². The highest BCUT2D eigenvalue weighted by Crippen LogP contribution is 2.00. The maximum atomic E-state index is 2.34. The first-order chi connectivity index (χ1) is 3.80. The average molecular weight is 114 g/mol. The predicted octanol–water partition coefficient (Wildman–Crippen LogP) is 0.0735. The molecule has 1 saturated heterocycles. The number of hydrogen-bond donors (Lipinski definition) is 1. The molecular weight excluding hydrogens is 98.1 g/mol. The summed E-state index contributed by atoms with van der Waals surface area (Å²) in [5.74, 6) is 0. The van der Waals surface area contributed by atoms with Gasteiger partial charge in [-0.15, -0.1) is 0 Å². The lowest BCUT2D eigenvalue weighted by Gasteiger charge is -2.25. The van der Waals surface area contributed by atoms with E-state index in [-0.39, 0.29) is 0 Å². The quantitative estimate of drug-likeness (QED) is 0.454. The molecule has 0 aromatic rings. The van der Waals surface area contributed by atoms with Gasteiger partial charge in [0, 0.05) is 0 Å². The molecule has 1 nitrogen and oxygen atoms in total. The van der Waals surface area contributed by atoms with Crippen molar-refractivity contribution in [2.24, 2.45) is 0 Å². The van der Waals surface area contributed by atoms with E-state index < -0.39 is 0 Å². The van der Waals surface area contributed by atoms with Crippen LogP contribution in [0.1, 0.15) is 26.2 Å². The van der Waals surface area contributed by atoms with Gasteiger partial charge in [0.1, 0.15) is 0 Å². The molecule has 2 unspecified atom stereocenters. The molecule has 0 radical (unpaired) electrons. The molecule has 1 N–H and O–H groups in total. The van der Waals surface area contributed by atoms with Gasteiger partial charge in [-0.05, 0) is 26.2 Å². The summed E-state index contributed by atoms with van der Waals surface area (Å²) in [5.41, 5.74) is 0. The average Bonchev–Trinajstić information content (AvgIpc) is 1.77. The van der Waals surface area contributed by atoms with E-state index in [4.69, 9.17) is 0 Å². The van der Waals surface area contributed by atoms with Crippen LogP contribution in [0, 0.1) is 0 Å². The van der Waals surface area contributed by atoms with E-state index in [0.29, 0.717) is 0 Å². The zero-order chi connectivity index (χ0) is 5.98. The Labute approximate surface area is 51.7 Å². The molecule has 0 bridgehead atoms. The lowest BCUT2D eigenvalue weighted by Crippen LogP contribution is -3.13.